The molecule has 0 aromatic heterocycles. The zero-order valence-corrected chi connectivity index (χ0v) is 11.3. The summed E-state index contributed by atoms with van der Waals surface area (Å²) in [7, 11) is 0. The number of hydrogen-bond donors (Lipinski definition) is 1. The highest BCUT2D eigenvalue weighted by Crippen LogP contribution is 2.28. The number of amides is 1. The molecule has 3 unspecified atom stereocenters. The Hall–Kier alpha value is -0.0500. The summed E-state index contributed by atoms with van der Waals surface area (Å²) in [6.45, 7) is 5.19. The molecule has 0 aromatic carbocycles. The fraction of sp³-hybridized carbons (Fsp3) is 0.917. The number of halogens is 1. The van der Waals surface area contributed by atoms with Gasteiger partial charge in [-0.25, -0.2) is 0 Å². The minimum Gasteiger partial charge on any atom is -0.355 e. The van der Waals surface area contributed by atoms with Crippen LogP contribution in [-0.4, -0.2) is 17.3 Å². The van der Waals surface area contributed by atoms with E-state index in [1.54, 1.807) is 0 Å². The molecule has 0 spiro atoms. The van der Waals surface area contributed by atoms with Crippen molar-refractivity contribution in [1.82, 2.24) is 5.32 Å². The van der Waals surface area contributed by atoms with Crippen LogP contribution in [0.25, 0.3) is 0 Å². The van der Waals surface area contributed by atoms with Crippen LogP contribution in [0.15, 0.2) is 0 Å². The Morgan fingerprint density at radius 2 is 2.13 bits per heavy atom. The minimum atomic E-state index is -0.0172. The molecule has 1 amide bonds. The molecule has 1 N–H and O–H groups in total. The largest absolute Gasteiger partial charge is 0.355 e. The maximum atomic E-state index is 11.6. The van der Waals surface area contributed by atoms with Crippen molar-refractivity contribution in [3.8, 4) is 0 Å². The molecule has 0 bridgehead atoms. The van der Waals surface area contributed by atoms with Crippen molar-refractivity contribution in [3.63, 3.8) is 0 Å². The molecule has 88 valence electrons. The van der Waals surface area contributed by atoms with E-state index in [0.29, 0.717) is 5.92 Å². The summed E-state index contributed by atoms with van der Waals surface area (Å²) in [6, 6.07) is 0. The first-order chi connectivity index (χ1) is 7.15. The normalized spacial score (nSPS) is 28.5. The van der Waals surface area contributed by atoms with Gasteiger partial charge in [-0.3, -0.25) is 4.79 Å². The van der Waals surface area contributed by atoms with Crippen molar-refractivity contribution in [1.29, 1.82) is 0 Å². The van der Waals surface area contributed by atoms with Crippen molar-refractivity contribution < 1.29 is 4.79 Å². The van der Waals surface area contributed by atoms with E-state index in [1.807, 2.05) is 6.92 Å². The molecule has 1 aliphatic carbocycles. The maximum absolute atomic E-state index is 11.6. The number of carbonyl (C=O) groups is 1. The molecule has 0 aliphatic heterocycles. The molecule has 0 heterocycles. The lowest BCUT2D eigenvalue weighted by molar-refractivity contribution is -0.120. The minimum absolute atomic E-state index is 0.0172. The van der Waals surface area contributed by atoms with E-state index >= 15 is 0 Å². The van der Waals surface area contributed by atoms with Crippen LogP contribution in [0, 0.1) is 11.8 Å². The average molecular weight is 276 g/mol. The van der Waals surface area contributed by atoms with E-state index < -0.39 is 0 Å². The lowest BCUT2D eigenvalue weighted by Gasteiger charge is -2.29. The van der Waals surface area contributed by atoms with Gasteiger partial charge < -0.3 is 5.32 Å². The lowest BCUT2D eigenvalue weighted by Crippen LogP contribution is -2.37. The van der Waals surface area contributed by atoms with Gasteiger partial charge in [-0.15, -0.1) is 0 Å². The second-order valence-corrected chi connectivity index (χ2v) is 5.75. The van der Waals surface area contributed by atoms with Crippen LogP contribution in [0.3, 0.4) is 0 Å². The van der Waals surface area contributed by atoms with Gasteiger partial charge in [0.15, 0.2) is 0 Å². The molecule has 3 atom stereocenters. The van der Waals surface area contributed by atoms with E-state index in [9.17, 15) is 4.79 Å². The molecule has 15 heavy (non-hydrogen) atoms. The summed E-state index contributed by atoms with van der Waals surface area (Å²) < 4.78 is 0. The van der Waals surface area contributed by atoms with Gasteiger partial charge in [0.2, 0.25) is 5.91 Å². The fourth-order valence-electron chi connectivity index (χ4n) is 2.22. The van der Waals surface area contributed by atoms with Crippen LogP contribution in [0.5, 0.6) is 0 Å². The highest BCUT2D eigenvalue weighted by atomic mass is 79.9. The molecule has 1 rings (SSSR count). The summed E-state index contributed by atoms with van der Waals surface area (Å²) in [6.07, 6.45) is 6.15. The van der Waals surface area contributed by atoms with Gasteiger partial charge in [0, 0.05) is 6.54 Å². The molecule has 0 aromatic rings. The molecule has 3 heteroatoms. The third kappa shape index (κ3) is 4.13. The van der Waals surface area contributed by atoms with Crippen LogP contribution in [0.4, 0.5) is 0 Å². The van der Waals surface area contributed by atoms with Gasteiger partial charge in [-0.05, 0) is 24.7 Å². The number of nitrogens with one attached hydrogen (secondary N) is 1. The first-order valence-electron chi connectivity index (χ1n) is 6.07. The first kappa shape index (κ1) is 13.0. The zero-order chi connectivity index (χ0) is 11.3. The number of carbonyl (C=O) groups excluding carboxylic acids is 1. The monoisotopic (exact) mass is 275 g/mol. The van der Waals surface area contributed by atoms with Gasteiger partial charge in [-0.2, -0.15) is 0 Å². The van der Waals surface area contributed by atoms with E-state index in [4.69, 9.17) is 0 Å². The van der Waals surface area contributed by atoms with Crippen molar-refractivity contribution in [3.05, 3.63) is 0 Å². The third-order valence-electron chi connectivity index (χ3n) is 3.47. The SMILES string of the molecule is CCC(Br)C(=O)NCC1CCCCC1C. The predicted molar refractivity (Wildman–Crippen MR) is 67.1 cm³/mol. The molecule has 1 saturated carbocycles. The van der Waals surface area contributed by atoms with Crippen molar-refractivity contribution in [2.75, 3.05) is 6.54 Å². The van der Waals surface area contributed by atoms with E-state index in [-0.39, 0.29) is 10.7 Å². The van der Waals surface area contributed by atoms with Crippen LogP contribution < -0.4 is 5.32 Å². The van der Waals surface area contributed by atoms with Crippen LogP contribution in [0.1, 0.15) is 46.0 Å². The zero-order valence-electron chi connectivity index (χ0n) is 9.76. The summed E-state index contributed by atoms with van der Waals surface area (Å²) in [5.74, 6) is 1.61. The van der Waals surface area contributed by atoms with Crippen LogP contribution in [-0.2, 0) is 4.79 Å². The summed E-state index contributed by atoms with van der Waals surface area (Å²) in [4.78, 5) is 11.5. The topological polar surface area (TPSA) is 29.1 Å². The number of rotatable bonds is 4. The average Bonchev–Trinajstić information content (AvgIpc) is 2.26. The Balaban J connectivity index is 2.26. The third-order valence-corrected chi connectivity index (χ3v) is 4.53. The molecule has 2 nitrogen and oxygen atoms in total. The van der Waals surface area contributed by atoms with Gasteiger partial charge in [0.25, 0.3) is 0 Å². The Labute approximate surface area is 101 Å². The van der Waals surface area contributed by atoms with E-state index in [1.165, 1.54) is 25.7 Å². The smallest absolute Gasteiger partial charge is 0.233 e. The second-order valence-electron chi connectivity index (χ2n) is 4.64. The first-order valence-corrected chi connectivity index (χ1v) is 6.98. The molecule has 1 fully saturated rings. The molecular weight excluding hydrogens is 254 g/mol. The number of alkyl halides is 1. The summed E-state index contributed by atoms with van der Waals surface area (Å²) in [5, 5.41) is 3.05. The Kier molecular flexibility index (Phi) is 5.65. The van der Waals surface area contributed by atoms with Gasteiger partial charge >= 0.3 is 0 Å². The van der Waals surface area contributed by atoms with Crippen molar-refractivity contribution >= 4 is 21.8 Å². The van der Waals surface area contributed by atoms with Crippen molar-refractivity contribution in [2.45, 2.75) is 50.8 Å². The summed E-state index contributed by atoms with van der Waals surface area (Å²) in [5.41, 5.74) is 0. The lowest BCUT2D eigenvalue weighted by atomic mass is 9.80. The van der Waals surface area contributed by atoms with E-state index in [0.717, 1.165) is 18.9 Å². The Bertz CT molecular complexity index is 208. The van der Waals surface area contributed by atoms with E-state index in [2.05, 4.69) is 28.2 Å². The molecule has 0 radical (unpaired) electrons. The van der Waals surface area contributed by atoms with Gasteiger partial charge in [0.05, 0.1) is 4.83 Å². The molecule has 0 saturated heterocycles. The highest BCUT2D eigenvalue weighted by Gasteiger charge is 2.22. The maximum Gasteiger partial charge on any atom is 0.233 e. The Morgan fingerprint density at radius 1 is 1.47 bits per heavy atom. The quantitative estimate of drug-likeness (QED) is 0.785. The predicted octanol–water partition coefficient (Wildman–Crippen LogP) is 3.10. The fourth-order valence-corrected chi connectivity index (χ4v) is 2.39. The van der Waals surface area contributed by atoms with Gasteiger partial charge in [-0.1, -0.05) is 49.0 Å². The highest BCUT2D eigenvalue weighted by molar-refractivity contribution is 9.10. The van der Waals surface area contributed by atoms with Crippen LogP contribution in [0.2, 0.25) is 0 Å². The van der Waals surface area contributed by atoms with Crippen molar-refractivity contribution in [2.24, 2.45) is 11.8 Å². The second kappa shape index (κ2) is 6.51. The Morgan fingerprint density at radius 3 is 2.73 bits per heavy atom. The number of hydrogen-bond acceptors (Lipinski definition) is 1. The standard InChI is InChI=1S/C12H22BrNO/c1-3-11(13)12(15)14-8-10-7-5-4-6-9(10)2/h9-11H,3-8H2,1-2H3,(H,14,15). The molecule has 1 aliphatic rings. The molecular formula is C12H22BrNO. The van der Waals surface area contributed by atoms with Gasteiger partial charge in [0.1, 0.15) is 0 Å². The summed E-state index contributed by atoms with van der Waals surface area (Å²) >= 11 is 3.37. The van der Waals surface area contributed by atoms with Crippen LogP contribution >= 0.6 is 15.9 Å².